The summed E-state index contributed by atoms with van der Waals surface area (Å²) in [6, 6.07) is 20.4. The van der Waals surface area contributed by atoms with E-state index in [9.17, 15) is 8.42 Å². The third kappa shape index (κ3) is 8.82. The van der Waals surface area contributed by atoms with Crippen molar-refractivity contribution >= 4 is 20.8 Å². The molecule has 0 fully saturated rings. The quantitative estimate of drug-likeness (QED) is 0.113. The molecule has 2 aromatic rings. The molecule has 6 heteroatoms. The summed E-state index contributed by atoms with van der Waals surface area (Å²) >= 11 is 0. The van der Waals surface area contributed by atoms with Crippen LogP contribution in [0.5, 0.6) is 0 Å². The molecule has 1 heterocycles. The Hall–Kier alpha value is -2.96. The molecule has 4 rings (SSSR count). The number of fused-ring (bicyclic) bond motifs is 2. The SMILES string of the molecule is CCNC(C)c1ccc2c(-c3ccc(S(=O)(=O)CCCCCCCC(C)(C)C)cc3)c3ccc(=NC(C)CC)cc-3oc2c1. The van der Waals surface area contributed by atoms with Gasteiger partial charge in [-0.2, -0.15) is 0 Å². The molecule has 0 saturated heterocycles. The third-order valence-corrected chi connectivity index (χ3v) is 10.4. The van der Waals surface area contributed by atoms with E-state index >= 15 is 0 Å². The molecule has 1 aliphatic carbocycles. The van der Waals surface area contributed by atoms with Gasteiger partial charge >= 0.3 is 0 Å². The average molecular weight is 617 g/mol. The molecule has 238 valence electrons. The van der Waals surface area contributed by atoms with Gasteiger partial charge in [0, 0.05) is 34.7 Å². The Bertz CT molecular complexity index is 1660. The number of rotatable bonds is 14. The monoisotopic (exact) mass is 616 g/mol. The summed E-state index contributed by atoms with van der Waals surface area (Å²) in [6.07, 6.45) is 7.29. The van der Waals surface area contributed by atoms with Gasteiger partial charge in [-0.3, -0.25) is 4.99 Å². The summed E-state index contributed by atoms with van der Waals surface area (Å²) in [7, 11) is -3.34. The smallest absolute Gasteiger partial charge is 0.178 e. The molecule has 1 N–H and O–H groups in total. The van der Waals surface area contributed by atoms with Gasteiger partial charge in [0.15, 0.2) is 9.84 Å². The van der Waals surface area contributed by atoms with Gasteiger partial charge in [-0.1, -0.05) is 84.6 Å². The van der Waals surface area contributed by atoms with E-state index in [4.69, 9.17) is 9.41 Å². The average Bonchev–Trinajstić information content (AvgIpc) is 2.98. The van der Waals surface area contributed by atoms with E-state index in [2.05, 4.69) is 78.0 Å². The van der Waals surface area contributed by atoms with Crippen LogP contribution in [0.3, 0.4) is 0 Å². The topological polar surface area (TPSA) is 71.7 Å². The lowest BCUT2D eigenvalue weighted by Gasteiger charge is -2.18. The molecule has 1 aliphatic heterocycles. The van der Waals surface area contributed by atoms with Crippen LogP contribution in [-0.2, 0) is 9.84 Å². The number of hydrogen-bond acceptors (Lipinski definition) is 5. The van der Waals surface area contributed by atoms with E-state index in [0.29, 0.717) is 16.7 Å². The zero-order valence-corrected chi connectivity index (χ0v) is 28.7. The second kappa shape index (κ2) is 14.9. The Kier molecular flexibility index (Phi) is 11.5. The zero-order chi connectivity index (χ0) is 31.9. The first-order chi connectivity index (χ1) is 20.9. The lowest BCUT2D eigenvalue weighted by molar-refractivity contribution is 0.357. The Balaban J connectivity index is 1.63. The minimum atomic E-state index is -3.34. The predicted octanol–water partition coefficient (Wildman–Crippen LogP) is 9.73. The van der Waals surface area contributed by atoms with Crippen LogP contribution in [0, 0.1) is 5.41 Å². The highest BCUT2D eigenvalue weighted by molar-refractivity contribution is 7.91. The third-order valence-electron chi connectivity index (χ3n) is 8.54. The van der Waals surface area contributed by atoms with Crippen molar-refractivity contribution in [2.24, 2.45) is 10.4 Å². The van der Waals surface area contributed by atoms with Crippen molar-refractivity contribution in [3.63, 3.8) is 0 Å². The molecule has 2 aliphatic rings. The molecule has 2 atom stereocenters. The maximum atomic E-state index is 13.2. The Morgan fingerprint density at radius 2 is 1.57 bits per heavy atom. The number of unbranched alkanes of at least 4 members (excludes halogenated alkanes) is 4. The van der Waals surface area contributed by atoms with Crippen LogP contribution in [0.1, 0.15) is 105 Å². The number of sulfone groups is 1. The summed E-state index contributed by atoms with van der Waals surface area (Å²) in [5, 5.41) is 5.38. The molecule has 0 spiro atoms. The molecule has 0 aromatic heterocycles. The molecule has 2 unspecified atom stereocenters. The fourth-order valence-electron chi connectivity index (χ4n) is 5.75. The zero-order valence-electron chi connectivity index (χ0n) is 27.9. The number of benzene rings is 3. The maximum absolute atomic E-state index is 13.2. The van der Waals surface area contributed by atoms with E-state index in [0.717, 1.165) is 70.1 Å². The number of nitrogens with zero attached hydrogens (tertiary/aromatic N) is 1. The fourth-order valence-corrected chi connectivity index (χ4v) is 7.12. The summed E-state index contributed by atoms with van der Waals surface area (Å²) in [4.78, 5) is 5.23. The van der Waals surface area contributed by atoms with E-state index in [1.54, 1.807) is 12.1 Å². The molecule has 2 aromatic carbocycles. The number of nitrogens with one attached hydrogen (secondary N) is 1. The second-order valence-electron chi connectivity index (χ2n) is 13.5. The summed E-state index contributed by atoms with van der Waals surface area (Å²) in [5.74, 6) is 0.959. The van der Waals surface area contributed by atoms with Gasteiger partial charge in [-0.05, 0) is 86.5 Å². The van der Waals surface area contributed by atoms with E-state index in [1.807, 2.05) is 24.3 Å². The lowest BCUT2D eigenvalue weighted by Crippen LogP contribution is -2.17. The first-order valence-corrected chi connectivity index (χ1v) is 18.2. The van der Waals surface area contributed by atoms with Crippen molar-refractivity contribution in [2.75, 3.05) is 12.3 Å². The van der Waals surface area contributed by atoms with Gasteiger partial charge < -0.3 is 9.73 Å². The van der Waals surface area contributed by atoms with Crippen LogP contribution in [-0.4, -0.2) is 26.8 Å². The lowest BCUT2D eigenvalue weighted by atomic mass is 9.89. The van der Waals surface area contributed by atoms with Crippen molar-refractivity contribution in [3.05, 3.63) is 71.6 Å². The second-order valence-corrected chi connectivity index (χ2v) is 15.6. The maximum Gasteiger partial charge on any atom is 0.178 e. The van der Waals surface area contributed by atoms with E-state index in [-0.39, 0.29) is 17.8 Å². The van der Waals surface area contributed by atoms with Crippen molar-refractivity contribution in [3.8, 4) is 22.5 Å². The first kappa shape index (κ1) is 33.9. The van der Waals surface area contributed by atoms with Gasteiger partial charge in [0.1, 0.15) is 11.3 Å². The minimum Gasteiger partial charge on any atom is -0.456 e. The van der Waals surface area contributed by atoms with Crippen LogP contribution in [0.25, 0.3) is 33.4 Å². The minimum absolute atomic E-state index is 0.191. The van der Waals surface area contributed by atoms with Crippen molar-refractivity contribution in [1.29, 1.82) is 0 Å². The van der Waals surface area contributed by atoms with Gasteiger partial charge in [-0.15, -0.1) is 0 Å². The molecular weight excluding hydrogens is 564 g/mol. The highest BCUT2D eigenvalue weighted by Crippen LogP contribution is 2.40. The standard InChI is InChI=1S/C38H52N2O3S/c1-8-27(3)40-31-18-22-34-36(26-31)43-35-25-30(28(4)39-9-2)17-21-33(35)37(34)29-15-19-32(20-16-29)44(41,42)24-14-12-10-11-13-23-38(5,6)7/h15-22,25-28,39H,8-14,23-24H2,1-7H3. The molecule has 0 saturated carbocycles. The normalized spacial score (nSPS) is 14.4. The Labute approximate surface area is 265 Å². The fraction of sp³-hybridized carbons (Fsp3) is 0.500. The van der Waals surface area contributed by atoms with Gasteiger partial charge in [0.05, 0.1) is 16.0 Å². The van der Waals surface area contributed by atoms with Gasteiger partial charge in [0.2, 0.25) is 0 Å². The summed E-state index contributed by atoms with van der Waals surface area (Å²) < 4.78 is 32.9. The largest absolute Gasteiger partial charge is 0.456 e. The van der Waals surface area contributed by atoms with E-state index < -0.39 is 9.84 Å². The van der Waals surface area contributed by atoms with Crippen LogP contribution in [0.2, 0.25) is 0 Å². The van der Waals surface area contributed by atoms with Crippen LogP contribution >= 0.6 is 0 Å². The molecular formula is C38H52N2O3S. The first-order valence-electron chi connectivity index (χ1n) is 16.5. The van der Waals surface area contributed by atoms with Crippen LogP contribution in [0.4, 0.5) is 0 Å². The molecule has 0 amide bonds. The van der Waals surface area contributed by atoms with E-state index in [1.165, 1.54) is 19.3 Å². The number of hydrogen-bond donors (Lipinski definition) is 1. The Morgan fingerprint density at radius 1 is 0.864 bits per heavy atom. The predicted molar refractivity (Wildman–Crippen MR) is 185 cm³/mol. The molecule has 5 nitrogen and oxygen atoms in total. The van der Waals surface area contributed by atoms with Crippen LogP contribution < -0.4 is 10.7 Å². The Morgan fingerprint density at radius 3 is 2.25 bits per heavy atom. The van der Waals surface area contributed by atoms with Gasteiger partial charge in [-0.25, -0.2) is 8.42 Å². The molecule has 0 radical (unpaired) electrons. The summed E-state index contributed by atoms with van der Waals surface area (Å²) in [5.41, 5.74) is 5.31. The van der Waals surface area contributed by atoms with Gasteiger partial charge in [0.25, 0.3) is 0 Å². The van der Waals surface area contributed by atoms with Crippen molar-refractivity contribution < 1.29 is 12.8 Å². The van der Waals surface area contributed by atoms with Crippen LogP contribution in [0.15, 0.2) is 75.0 Å². The highest BCUT2D eigenvalue weighted by Gasteiger charge is 2.20. The van der Waals surface area contributed by atoms with Crippen molar-refractivity contribution in [2.45, 2.75) is 110 Å². The van der Waals surface area contributed by atoms with Crippen molar-refractivity contribution in [1.82, 2.24) is 5.32 Å². The molecule has 44 heavy (non-hydrogen) atoms. The highest BCUT2D eigenvalue weighted by atomic mass is 32.2. The summed E-state index contributed by atoms with van der Waals surface area (Å²) in [6.45, 7) is 16.2. The molecule has 0 bridgehead atoms.